The van der Waals surface area contributed by atoms with Crippen LogP contribution in [-0.4, -0.2) is 74.8 Å². The average molecular weight is 485 g/mol. The van der Waals surface area contributed by atoms with Gasteiger partial charge in [-0.1, -0.05) is 0 Å². The summed E-state index contributed by atoms with van der Waals surface area (Å²) in [6.45, 7) is 4.79. The monoisotopic (exact) mass is 484 g/mol. The molecule has 0 spiro atoms. The van der Waals surface area contributed by atoms with Crippen LogP contribution in [0, 0.1) is 0 Å². The highest BCUT2D eigenvalue weighted by Crippen LogP contribution is 2.39. The van der Waals surface area contributed by atoms with E-state index in [1.165, 1.54) is 0 Å². The third kappa shape index (κ3) is 4.49. The second-order valence-electron chi connectivity index (χ2n) is 9.78. The molecule has 3 atom stereocenters. The quantitative estimate of drug-likeness (QED) is 0.488. The molecule has 11 nitrogen and oxygen atoms in total. The molecule has 35 heavy (non-hydrogen) atoms. The number of hydrogen-bond acceptors (Lipinski definition) is 8. The Bertz CT molecular complexity index is 1220. The Hall–Kier alpha value is -3.41. The molecule has 0 aromatic carbocycles. The highest BCUT2D eigenvalue weighted by Gasteiger charge is 2.43. The van der Waals surface area contributed by atoms with Gasteiger partial charge in [0.1, 0.15) is 23.7 Å². The standard InChI is InChI=1S/C23H29FN8O3/c1-23(4-5-23)28-22(33)35-16-3-2-14(20(16)24)15-12-17(30-29-15)26-21-27-19(31-8-10-34-11-9-31)13-18-25-6-7-32(18)21/h6-7,12-14,16,20H,2-5,8-11H2,1H3,(H,28,33)(H2,26,27,29,30)/t14-,16-,20+/m0/s1. The number of ether oxygens (including phenoxy) is 2. The number of aromatic amines is 1. The van der Waals surface area contributed by atoms with Crippen molar-refractivity contribution in [2.45, 2.75) is 56.3 Å². The van der Waals surface area contributed by atoms with Crippen molar-refractivity contribution in [3.05, 3.63) is 30.2 Å². The number of amides is 1. The highest BCUT2D eigenvalue weighted by atomic mass is 19.1. The maximum Gasteiger partial charge on any atom is 0.407 e. The number of morpholine rings is 1. The van der Waals surface area contributed by atoms with Crippen molar-refractivity contribution in [2.75, 3.05) is 36.5 Å². The number of fused-ring (bicyclic) bond motifs is 1. The minimum atomic E-state index is -1.30. The van der Waals surface area contributed by atoms with Crippen LogP contribution < -0.4 is 15.5 Å². The Labute approximate surface area is 201 Å². The summed E-state index contributed by atoms with van der Waals surface area (Å²) in [6.07, 6.45) is 3.82. The van der Waals surface area contributed by atoms with Crippen molar-refractivity contribution in [3.8, 4) is 0 Å². The van der Waals surface area contributed by atoms with Gasteiger partial charge in [-0.05, 0) is 32.6 Å². The van der Waals surface area contributed by atoms with Gasteiger partial charge in [-0.25, -0.2) is 14.2 Å². The van der Waals surface area contributed by atoms with E-state index in [0.29, 0.717) is 43.5 Å². The van der Waals surface area contributed by atoms with E-state index in [4.69, 9.17) is 14.5 Å². The van der Waals surface area contributed by atoms with Crippen molar-refractivity contribution in [1.29, 1.82) is 0 Å². The molecular formula is C23H29FN8O3. The summed E-state index contributed by atoms with van der Waals surface area (Å²) >= 11 is 0. The van der Waals surface area contributed by atoms with Gasteiger partial charge in [0.05, 0.1) is 13.2 Å². The highest BCUT2D eigenvalue weighted by molar-refractivity contribution is 5.69. The predicted octanol–water partition coefficient (Wildman–Crippen LogP) is 2.90. The SMILES string of the molecule is CC1(NC(=O)O[C@H]2CC[C@@H](c3cc(Nc4nc(N5CCOCC5)cc5nccn45)n[nH]3)[C@H]2F)CC1. The molecule has 12 heteroatoms. The molecule has 0 radical (unpaired) electrons. The van der Waals surface area contributed by atoms with E-state index in [-0.39, 0.29) is 5.54 Å². The second kappa shape index (κ2) is 8.67. The molecule has 3 N–H and O–H groups in total. The van der Waals surface area contributed by atoms with Gasteiger partial charge in [-0.15, -0.1) is 0 Å². The minimum absolute atomic E-state index is 0.196. The number of rotatable bonds is 6. The predicted molar refractivity (Wildman–Crippen MR) is 126 cm³/mol. The number of nitrogens with zero attached hydrogens (tertiary/aromatic N) is 5. The van der Waals surface area contributed by atoms with E-state index >= 15 is 4.39 Å². The molecule has 0 bridgehead atoms. The number of carbonyl (C=O) groups excluding carboxylic acids is 1. The fourth-order valence-corrected chi connectivity index (χ4v) is 4.76. The van der Waals surface area contributed by atoms with Crippen LogP contribution >= 0.6 is 0 Å². The molecule has 0 unspecified atom stereocenters. The van der Waals surface area contributed by atoms with Crippen molar-refractivity contribution < 1.29 is 18.7 Å². The number of halogens is 1. The Morgan fingerprint density at radius 2 is 2.11 bits per heavy atom. The molecule has 3 aromatic heterocycles. The Balaban J connectivity index is 1.15. The van der Waals surface area contributed by atoms with Crippen molar-refractivity contribution in [3.63, 3.8) is 0 Å². The third-order valence-corrected chi connectivity index (χ3v) is 7.11. The maximum atomic E-state index is 15.2. The van der Waals surface area contributed by atoms with E-state index in [1.807, 2.05) is 23.6 Å². The number of alkyl carbamates (subject to hydrolysis) is 1. The smallest absolute Gasteiger partial charge is 0.407 e. The van der Waals surface area contributed by atoms with Gasteiger partial charge >= 0.3 is 6.09 Å². The Kier molecular flexibility index (Phi) is 5.47. The van der Waals surface area contributed by atoms with E-state index in [0.717, 1.165) is 37.4 Å². The lowest BCUT2D eigenvalue weighted by Crippen LogP contribution is -2.38. The van der Waals surface area contributed by atoms with Crippen LogP contribution in [0.4, 0.5) is 26.8 Å². The summed E-state index contributed by atoms with van der Waals surface area (Å²) in [4.78, 5) is 23.5. The summed E-state index contributed by atoms with van der Waals surface area (Å²) in [5.41, 5.74) is 1.23. The summed E-state index contributed by atoms with van der Waals surface area (Å²) in [6, 6.07) is 3.73. The van der Waals surface area contributed by atoms with Crippen LogP contribution in [0.2, 0.25) is 0 Å². The topological polar surface area (TPSA) is 122 Å². The number of H-pyrrole nitrogens is 1. The van der Waals surface area contributed by atoms with Crippen LogP contribution in [0.5, 0.6) is 0 Å². The molecule has 2 saturated carbocycles. The van der Waals surface area contributed by atoms with E-state index in [9.17, 15) is 4.79 Å². The number of hydrogen-bond donors (Lipinski definition) is 3. The molecule has 186 valence electrons. The van der Waals surface area contributed by atoms with Crippen molar-refractivity contribution >= 4 is 29.3 Å². The average Bonchev–Trinajstić information content (AvgIpc) is 3.22. The van der Waals surface area contributed by atoms with Crippen LogP contribution in [-0.2, 0) is 9.47 Å². The number of alkyl halides is 1. The van der Waals surface area contributed by atoms with Crippen LogP contribution in [0.15, 0.2) is 24.5 Å². The number of nitrogens with one attached hydrogen (secondary N) is 3. The molecule has 3 fully saturated rings. The Morgan fingerprint density at radius 1 is 1.29 bits per heavy atom. The zero-order valence-electron chi connectivity index (χ0n) is 19.5. The van der Waals surface area contributed by atoms with Crippen LogP contribution in [0.1, 0.15) is 44.2 Å². The molecule has 3 aromatic rings. The number of anilines is 3. The van der Waals surface area contributed by atoms with E-state index < -0.39 is 24.3 Å². The molecule has 3 aliphatic rings. The fourth-order valence-electron chi connectivity index (χ4n) is 4.76. The first-order valence-corrected chi connectivity index (χ1v) is 12.1. The lowest BCUT2D eigenvalue weighted by molar-refractivity contribution is 0.0546. The van der Waals surface area contributed by atoms with E-state index in [1.54, 1.807) is 12.3 Å². The zero-order valence-corrected chi connectivity index (χ0v) is 19.5. The summed E-state index contributed by atoms with van der Waals surface area (Å²) in [5, 5.41) is 13.4. The van der Waals surface area contributed by atoms with Crippen LogP contribution in [0.25, 0.3) is 5.65 Å². The number of imidazole rings is 1. The molecule has 4 heterocycles. The summed E-state index contributed by atoms with van der Waals surface area (Å²) in [7, 11) is 0. The zero-order chi connectivity index (χ0) is 24.0. The lowest BCUT2D eigenvalue weighted by atomic mass is 10.0. The summed E-state index contributed by atoms with van der Waals surface area (Å²) in [5.74, 6) is 1.48. The largest absolute Gasteiger partial charge is 0.443 e. The third-order valence-electron chi connectivity index (χ3n) is 7.11. The first-order chi connectivity index (χ1) is 17.0. The number of aromatic nitrogens is 5. The normalized spacial score (nSPS) is 25.5. The van der Waals surface area contributed by atoms with Crippen molar-refractivity contribution in [2.24, 2.45) is 0 Å². The Morgan fingerprint density at radius 3 is 2.91 bits per heavy atom. The van der Waals surface area contributed by atoms with Gasteiger partial charge in [0, 0.05) is 54.8 Å². The summed E-state index contributed by atoms with van der Waals surface area (Å²) < 4.78 is 27.9. The van der Waals surface area contributed by atoms with Gasteiger partial charge in [0.15, 0.2) is 5.82 Å². The fraction of sp³-hybridized carbons (Fsp3) is 0.565. The van der Waals surface area contributed by atoms with E-state index in [2.05, 4.69) is 30.7 Å². The molecule has 2 aliphatic carbocycles. The molecule has 1 amide bonds. The first kappa shape index (κ1) is 22.1. The lowest BCUT2D eigenvalue weighted by Gasteiger charge is -2.28. The molecular weight excluding hydrogens is 455 g/mol. The van der Waals surface area contributed by atoms with Gasteiger partial charge < -0.3 is 25.0 Å². The number of carbonyl (C=O) groups is 1. The van der Waals surface area contributed by atoms with Gasteiger partial charge in [0.2, 0.25) is 5.95 Å². The minimum Gasteiger partial charge on any atom is -0.443 e. The van der Waals surface area contributed by atoms with Gasteiger partial charge in [-0.2, -0.15) is 10.1 Å². The van der Waals surface area contributed by atoms with Gasteiger partial charge in [0.25, 0.3) is 0 Å². The van der Waals surface area contributed by atoms with Crippen molar-refractivity contribution in [1.82, 2.24) is 29.9 Å². The second-order valence-corrected chi connectivity index (χ2v) is 9.78. The molecule has 1 saturated heterocycles. The van der Waals surface area contributed by atoms with Crippen LogP contribution in [0.3, 0.4) is 0 Å². The maximum absolute atomic E-state index is 15.2. The molecule has 6 rings (SSSR count). The van der Waals surface area contributed by atoms with Gasteiger partial charge in [-0.3, -0.25) is 9.50 Å². The molecule has 1 aliphatic heterocycles. The first-order valence-electron chi connectivity index (χ1n) is 12.1.